The standard InChI is InChI=1S/C22H29F4N5O3/c1-21(2,3)28-20(33)16-13-31(30-29-16)17-9-8-15(19(32)27-14-22(24,25)26)12-18(17)34-11-7-5-4-6-10-23/h8-9,12-13H,4-7,10-11,14H2,1-3H3,(H,27,32)(H,28,33). The first-order chi connectivity index (χ1) is 15.9. The summed E-state index contributed by atoms with van der Waals surface area (Å²) in [6.07, 6.45) is -0.667. The number of nitrogens with zero attached hydrogens (tertiary/aromatic N) is 3. The van der Waals surface area contributed by atoms with Crippen molar-refractivity contribution in [2.75, 3.05) is 19.8 Å². The van der Waals surface area contributed by atoms with Gasteiger partial charge in [0.2, 0.25) is 0 Å². The zero-order valence-electron chi connectivity index (χ0n) is 19.3. The van der Waals surface area contributed by atoms with Crippen LogP contribution in [0.4, 0.5) is 17.6 Å². The number of carbonyl (C=O) groups is 2. The molecule has 1 aromatic heterocycles. The first-order valence-corrected chi connectivity index (χ1v) is 10.8. The van der Waals surface area contributed by atoms with Crippen LogP contribution in [-0.4, -0.2) is 58.3 Å². The molecule has 2 N–H and O–H groups in total. The minimum absolute atomic E-state index is 0.0359. The van der Waals surface area contributed by atoms with Crippen molar-refractivity contribution in [2.24, 2.45) is 0 Å². The molecule has 8 nitrogen and oxygen atoms in total. The van der Waals surface area contributed by atoms with Gasteiger partial charge in [-0.3, -0.25) is 14.0 Å². The molecule has 0 aliphatic heterocycles. The van der Waals surface area contributed by atoms with Crippen LogP contribution >= 0.6 is 0 Å². The third kappa shape index (κ3) is 8.99. The summed E-state index contributed by atoms with van der Waals surface area (Å²) in [6, 6.07) is 4.08. The molecule has 2 rings (SSSR count). The maximum absolute atomic E-state index is 12.4. The molecule has 0 saturated carbocycles. The third-order valence-corrected chi connectivity index (χ3v) is 4.42. The molecule has 0 fully saturated rings. The number of hydrogen-bond donors (Lipinski definition) is 2. The van der Waals surface area contributed by atoms with E-state index in [2.05, 4.69) is 15.6 Å². The Labute approximate surface area is 195 Å². The summed E-state index contributed by atoms with van der Waals surface area (Å²) in [5.74, 6) is -1.17. The van der Waals surface area contributed by atoms with E-state index in [1.54, 1.807) is 0 Å². The number of halogens is 4. The molecule has 188 valence electrons. The van der Waals surface area contributed by atoms with E-state index in [4.69, 9.17) is 4.74 Å². The van der Waals surface area contributed by atoms with Gasteiger partial charge in [0.25, 0.3) is 11.8 Å². The fourth-order valence-electron chi connectivity index (χ4n) is 2.87. The second-order valence-corrected chi connectivity index (χ2v) is 8.68. The van der Waals surface area contributed by atoms with Crippen LogP contribution in [0.2, 0.25) is 0 Å². The average Bonchev–Trinajstić information content (AvgIpc) is 3.23. The van der Waals surface area contributed by atoms with Crippen molar-refractivity contribution in [3.05, 3.63) is 35.7 Å². The van der Waals surface area contributed by atoms with E-state index in [-0.39, 0.29) is 23.6 Å². The van der Waals surface area contributed by atoms with Crippen LogP contribution in [0.15, 0.2) is 24.4 Å². The Bertz CT molecular complexity index is 970. The lowest BCUT2D eigenvalue weighted by atomic mass is 10.1. The maximum atomic E-state index is 12.4. The van der Waals surface area contributed by atoms with Crippen LogP contribution in [0.5, 0.6) is 5.75 Å². The molecular weight excluding hydrogens is 458 g/mol. The minimum atomic E-state index is -4.54. The molecule has 34 heavy (non-hydrogen) atoms. The largest absolute Gasteiger partial charge is 0.491 e. The van der Waals surface area contributed by atoms with Crippen LogP contribution < -0.4 is 15.4 Å². The van der Waals surface area contributed by atoms with Crippen molar-refractivity contribution in [1.82, 2.24) is 25.6 Å². The Hall–Kier alpha value is -3.18. The smallest absolute Gasteiger partial charge is 0.405 e. The summed E-state index contributed by atoms with van der Waals surface area (Å²) in [5.41, 5.74) is -0.119. The van der Waals surface area contributed by atoms with Crippen molar-refractivity contribution < 1.29 is 31.9 Å². The zero-order valence-corrected chi connectivity index (χ0v) is 19.3. The number of nitrogens with one attached hydrogen (secondary N) is 2. The fraction of sp³-hybridized carbons (Fsp3) is 0.545. The Balaban J connectivity index is 2.24. The van der Waals surface area contributed by atoms with Crippen molar-refractivity contribution >= 4 is 11.8 Å². The summed E-state index contributed by atoms with van der Waals surface area (Å²) < 4.78 is 56.6. The number of hydrogen-bond acceptors (Lipinski definition) is 5. The molecule has 2 amide bonds. The molecule has 2 aromatic rings. The van der Waals surface area contributed by atoms with Crippen LogP contribution in [0.25, 0.3) is 5.69 Å². The first-order valence-electron chi connectivity index (χ1n) is 10.8. The van der Waals surface area contributed by atoms with Gasteiger partial charge in [0.1, 0.15) is 18.0 Å². The molecule has 1 heterocycles. The number of aromatic nitrogens is 3. The number of alkyl halides is 4. The average molecular weight is 487 g/mol. The molecule has 0 aliphatic carbocycles. The van der Waals surface area contributed by atoms with Gasteiger partial charge in [0.05, 0.1) is 19.5 Å². The lowest BCUT2D eigenvalue weighted by Crippen LogP contribution is -2.40. The highest BCUT2D eigenvalue weighted by Crippen LogP contribution is 2.25. The van der Waals surface area contributed by atoms with Crippen LogP contribution in [0, 0.1) is 0 Å². The number of rotatable bonds is 11. The fourth-order valence-corrected chi connectivity index (χ4v) is 2.87. The molecule has 12 heteroatoms. The first kappa shape index (κ1) is 27.1. The highest BCUT2D eigenvalue weighted by atomic mass is 19.4. The number of amides is 2. The molecule has 0 saturated heterocycles. The van der Waals surface area contributed by atoms with Gasteiger partial charge in [0, 0.05) is 11.1 Å². The van der Waals surface area contributed by atoms with E-state index in [0.717, 1.165) is 6.42 Å². The molecule has 0 radical (unpaired) electrons. The Morgan fingerprint density at radius 1 is 1.06 bits per heavy atom. The molecule has 1 aromatic carbocycles. The van der Waals surface area contributed by atoms with Gasteiger partial charge in [-0.05, 0) is 58.2 Å². The molecule has 0 spiro atoms. The van der Waals surface area contributed by atoms with E-state index in [1.807, 2.05) is 26.1 Å². The maximum Gasteiger partial charge on any atom is 0.405 e. The van der Waals surface area contributed by atoms with Gasteiger partial charge in [-0.25, -0.2) is 4.68 Å². The van der Waals surface area contributed by atoms with E-state index in [1.165, 1.54) is 29.1 Å². The van der Waals surface area contributed by atoms with Gasteiger partial charge in [-0.1, -0.05) is 11.6 Å². The van der Waals surface area contributed by atoms with Crippen LogP contribution in [0.3, 0.4) is 0 Å². The Kier molecular flexibility index (Phi) is 9.39. The monoisotopic (exact) mass is 487 g/mol. The topological polar surface area (TPSA) is 98.1 Å². The Morgan fingerprint density at radius 3 is 2.41 bits per heavy atom. The molecule has 0 aliphatic rings. The van der Waals surface area contributed by atoms with Crippen LogP contribution in [0.1, 0.15) is 67.3 Å². The van der Waals surface area contributed by atoms with Crippen molar-refractivity contribution in [1.29, 1.82) is 0 Å². The van der Waals surface area contributed by atoms with Crippen LogP contribution in [-0.2, 0) is 0 Å². The summed E-state index contributed by atoms with van der Waals surface area (Å²) in [4.78, 5) is 24.5. The molecule has 0 atom stereocenters. The summed E-state index contributed by atoms with van der Waals surface area (Å²) in [7, 11) is 0. The Morgan fingerprint density at radius 2 is 1.76 bits per heavy atom. The minimum Gasteiger partial charge on any atom is -0.491 e. The molecule has 0 bridgehead atoms. The van der Waals surface area contributed by atoms with E-state index < -0.39 is 36.7 Å². The van der Waals surface area contributed by atoms with E-state index >= 15 is 0 Å². The number of ether oxygens (including phenoxy) is 1. The lowest BCUT2D eigenvalue weighted by Gasteiger charge is -2.19. The lowest BCUT2D eigenvalue weighted by molar-refractivity contribution is -0.123. The third-order valence-electron chi connectivity index (χ3n) is 4.42. The zero-order chi connectivity index (χ0) is 25.4. The number of benzene rings is 1. The summed E-state index contributed by atoms with van der Waals surface area (Å²) in [6.45, 7) is 3.83. The van der Waals surface area contributed by atoms with Gasteiger partial charge < -0.3 is 15.4 Å². The quantitative estimate of drug-likeness (QED) is 0.369. The summed E-state index contributed by atoms with van der Waals surface area (Å²) >= 11 is 0. The van der Waals surface area contributed by atoms with Gasteiger partial charge in [-0.15, -0.1) is 5.10 Å². The van der Waals surface area contributed by atoms with Crippen molar-refractivity contribution in [3.63, 3.8) is 0 Å². The number of carbonyl (C=O) groups excluding carboxylic acids is 2. The highest BCUT2D eigenvalue weighted by molar-refractivity contribution is 5.95. The highest BCUT2D eigenvalue weighted by Gasteiger charge is 2.28. The van der Waals surface area contributed by atoms with Gasteiger partial charge in [-0.2, -0.15) is 13.2 Å². The summed E-state index contributed by atoms with van der Waals surface area (Å²) in [5, 5.41) is 12.4. The predicted octanol–water partition coefficient (Wildman–Crippen LogP) is 4.00. The SMILES string of the molecule is CC(C)(C)NC(=O)c1cn(-c2ccc(C(=O)NCC(F)(F)F)cc2OCCCCCCF)nn1. The number of unbranched alkanes of at least 4 members (excludes halogenated alkanes) is 3. The van der Waals surface area contributed by atoms with Crippen molar-refractivity contribution in [3.8, 4) is 11.4 Å². The van der Waals surface area contributed by atoms with E-state index in [0.29, 0.717) is 24.9 Å². The molecular formula is C22H29F4N5O3. The van der Waals surface area contributed by atoms with Gasteiger partial charge in [0.15, 0.2) is 5.69 Å². The second-order valence-electron chi connectivity index (χ2n) is 8.68. The molecule has 0 unspecified atom stereocenters. The van der Waals surface area contributed by atoms with E-state index in [9.17, 15) is 27.2 Å². The predicted molar refractivity (Wildman–Crippen MR) is 117 cm³/mol. The normalized spacial score (nSPS) is 11.9. The van der Waals surface area contributed by atoms with Gasteiger partial charge >= 0.3 is 6.18 Å². The second kappa shape index (κ2) is 11.8. The van der Waals surface area contributed by atoms with Crippen molar-refractivity contribution in [2.45, 2.75) is 58.2 Å².